The number of unbranched alkanes of at least 4 members (excludes halogenated alkanes) is 11. The Morgan fingerprint density at radius 1 is 0.857 bits per heavy atom. The molecule has 28 heavy (non-hydrogen) atoms. The van der Waals surface area contributed by atoms with Crippen LogP contribution in [0.1, 0.15) is 112 Å². The molecular weight excluding hydrogens is 381 g/mol. The van der Waals surface area contributed by atoms with Gasteiger partial charge in [-0.3, -0.25) is 4.79 Å². The summed E-state index contributed by atoms with van der Waals surface area (Å²) in [7, 11) is 0. The number of carbonyl (C=O) groups excluding carboxylic acids is 1. The first kappa shape index (κ1) is 30.9. The first-order chi connectivity index (χ1) is 13.0. The van der Waals surface area contributed by atoms with E-state index in [-0.39, 0.29) is 52.8 Å². The van der Waals surface area contributed by atoms with Crippen LogP contribution in [0.25, 0.3) is 0 Å². The first-order valence-electron chi connectivity index (χ1n) is 11.0. The number of carbonyl (C=O) groups is 1. The van der Waals surface area contributed by atoms with Crippen LogP contribution in [-0.2, 0) is 9.63 Å². The van der Waals surface area contributed by atoms with E-state index in [4.69, 9.17) is 4.84 Å². The van der Waals surface area contributed by atoms with Crippen molar-refractivity contribution in [1.29, 1.82) is 0 Å². The van der Waals surface area contributed by atoms with E-state index in [0.717, 1.165) is 30.7 Å². The van der Waals surface area contributed by atoms with Gasteiger partial charge in [-0.05, 0) is 46.0 Å². The Morgan fingerprint density at radius 2 is 1.29 bits per heavy atom. The van der Waals surface area contributed by atoms with Crippen LogP contribution in [0.2, 0.25) is 0 Å². The molecule has 6 heteroatoms. The van der Waals surface area contributed by atoms with Gasteiger partial charge in [-0.25, -0.2) is 0 Å². The van der Waals surface area contributed by atoms with Crippen molar-refractivity contribution in [2.24, 2.45) is 0 Å². The zero-order valence-electron chi connectivity index (χ0n) is 19.9. The Hall–Kier alpha value is 0.726. The second kappa shape index (κ2) is 22.4. The molecule has 0 saturated carbocycles. The predicted molar refractivity (Wildman–Crippen MR) is 112 cm³/mol. The Morgan fingerprint density at radius 3 is 1.75 bits per heavy atom. The molecule has 0 fully saturated rings. The predicted octanol–water partition coefficient (Wildman–Crippen LogP) is 2.58. The summed E-state index contributed by atoms with van der Waals surface area (Å²) < 4.78 is 0. The SMILES string of the molecule is CCCCCCCC/C=C\CCCCCCCC(=O)ON(C(C)O)C(C)O.[H-].[K+]. The summed E-state index contributed by atoms with van der Waals surface area (Å²) in [6.45, 7) is 5.15. The van der Waals surface area contributed by atoms with Gasteiger partial charge in [0.2, 0.25) is 0 Å². The van der Waals surface area contributed by atoms with E-state index in [1.54, 1.807) is 0 Å². The van der Waals surface area contributed by atoms with Crippen LogP contribution in [0, 0.1) is 0 Å². The van der Waals surface area contributed by atoms with Gasteiger partial charge in [0.05, 0.1) is 0 Å². The third kappa shape index (κ3) is 20.0. The Kier molecular flexibility index (Phi) is 24.7. The third-order valence-corrected chi connectivity index (χ3v) is 4.59. The van der Waals surface area contributed by atoms with Crippen LogP contribution in [-0.4, -0.2) is 33.7 Å². The second-order valence-corrected chi connectivity index (χ2v) is 7.42. The summed E-state index contributed by atoms with van der Waals surface area (Å²) in [5.74, 6) is -0.408. The summed E-state index contributed by atoms with van der Waals surface area (Å²) in [5.41, 5.74) is 0. The van der Waals surface area contributed by atoms with E-state index in [0.29, 0.717) is 6.42 Å². The maximum atomic E-state index is 11.7. The number of hydrogen-bond acceptors (Lipinski definition) is 5. The minimum absolute atomic E-state index is 0. The number of hydrogen-bond donors (Lipinski definition) is 2. The van der Waals surface area contributed by atoms with E-state index in [9.17, 15) is 15.0 Å². The van der Waals surface area contributed by atoms with Crippen LogP contribution in [0.3, 0.4) is 0 Å². The molecule has 2 N–H and O–H groups in total. The topological polar surface area (TPSA) is 70.0 Å². The normalized spacial score (nSPS) is 13.5. The van der Waals surface area contributed by atoms with Crippen molar-refractivity contribution >= 4 is 5.97 Å². The Balaban J connectivity index is -0.00000338. The molecule has 162 valence electrons. The van der Waals surface area contributed by atoms with Crippen LogP contribution < -0.4 is 51.4 Å². The molecule has 0 amide bonds. The average molecular weight is 426 g/mol. The van der Waals surface area contributed by atoms with E-state index in [2.05, 4.69) is 19.1 Å². The summed E-state index contributed by atoms with van der Waals surface area (Å²) in [5, 5.41) is 19.7. The first-order valence-corrected chi connectivity index (χ1v) is 11.0. The van der Waals surface area contributed by atoms with Crippen molar-refractivity contribution in [2.45, 2.75) is 123 Å². The zero-order chi connectivity index (χ0) is 20.3. The van der Waals surface area contributed by atoms with Crippen molar-refractivity contribution in [1.82, 2.24) is 5.06 Å². The molecule has 0 radical (unpaired) electrons. The van der Waals surface area contributed by atoms with Gasteiger partial charge in [-0.1, -0.05) is 75.5 Å². The molecule has 0 aromatic carbocycles. The molecule has 0 aliphatic carbocycles. The number of allylic oxidation sites excluding steroid dienone is 2. The minimum Gasteiger partial charge on any atom is -1.00 e. The maximum absolute atomic E-state index is 11.7. The van der Waals surface area contributed by atoms with Crippen LogP contribution in [0.4, 0.5) is 0 Å². The molecule has 0 aliphatic heterocycles. The van der Waals surface area contributed by atoms with Gasteiger partial charge >= 0.3 is 57.4 Å². The van der Waals surface area contributed by atoms with E-state index in [1.807, 2.05) is 0 Å². The molecule has 5 nitrogen and oxygen atoms in total. The molecule has 0 aliphatic rings. The van der Waals surface area contributed by atoms with Crippen LogP contribution >= 0.6 is 0 Å². The Bertz CT molecular complexity index is 374. The van der Waals surface area contributed by atoms with Gasteiger partial charge in [-0.15, -0.1) is 0 Å². The van der Waals surface area contributed by atoms with E-state index >= 15 is 0 Å². The van der Waals surface area contributed by atoms with Crippen LogP contribution in [0.15, 0.2) is 12.2 Å². The summed E-state index contributed by atoms with van der Waals surface area (Å²) in [6.07, 6.45) is 18.7. The monoisotopic (exact) mass is 425 g/mol. The van der Waals surface area contributed by atoms with Gasteiger partial charge in [-0.2, -0.15) is 0 Å². The third-order valence-electron chi connectivity index (χ3n) is 4.59. The number of hydroxylamine groups is 2. The molecule has 0 bridgehead atoms. The van der Waals surface area contributed by atoms with Gasteiger partial charge in [0.25, 0.3) is 0 Å². The van der Waals surface area contributed by atoms with E-state index < -0.39 is 18.4 Å². The molecule has 0 aromatic heterocycles. The quantitative estimate of drug-likeness (QED) is 0.116. The van der Waals surface area contributed by atoms with Crippen molar-refractivity contribution in [2.75, 3.05) is 0 Å². The molecule has 0 rings (SSSR count). The van der Waals surface area contributed by atoms with Gasteiger partial charge in [0.1, 0.15) is 12.5 Å². The summed E-state index contributed by atoms with van der Waals surface area (Å²) in [6, 6.07) is 0. The maximum Gasteiger partial charge on any atom is 1.00 e. The van der Waals surface area contributed by atoms with Crippen molar-refractivity contribution in [3.05, 3.63) is 12.2 Å². The number of nitrogens with zero attached hydrogens (tertiary/aromatic N) is 1. The zero-order valence-corrected chi connectivity index (χ0v) is 22.0. The minimum atomic E-state index is -1.02. The molecule has 2 unspecified atom stereocenters. The molecule has 2 atom stereocenters. The molecule has 0 saturated heterocycles. The molecule has 0 spiro atoms. The number of rotatable bonds is 18. The fraction of sp³-hybridized carbons (Fsp3) is 0.864. The van der Waals surface area contributed by atoms with Crippen LogP contribution in [0.5, 0.6) is 0 Å². The Labute approximate surface area is 217 Å². The van der Waals surface area contributed by atoms with Gasteiger partial charge in [0, 0.05) is 6.42 Å². The standard InChI is InChI=1S/C22H43NO4.K.H/c1-4-5-6-7-8-9-10-11-12-13-14-15-16-17-18-19-22(26)27-23(20(2)24)21(3)25;;/h11-12,20-21,24-25H,4-10,13-19H2,1-3H3;;/q;+1;-1/b12-11-;;. The molecule has 0 heterocycles. The smallest absolute Gasteiger partial charge is 1.00 e. The van der Waals surface area contributed by atoms with Crippen molar-refractivity contribution in [3.63, 3.8) is 0 Å². The molecular formula is C22H44KNO4. The second-order valence-electron chi connectivity index (χ2n) is 7.42. The fourth-order valence-corrected chi connectivity index (χ4v) is 2.97. The molecule has 0 aromatic rings. The number of aliphatic hydroxyl groups excluding tert-OH is 2. The largest absolute Gasteiger partial charge is 1.00 e. The van der Waals surface area contributed by atoms with Crippen molar-refractivity contribution in [3.8, 4) is 0 Å². The summed E-state index contributed by atoms with van der Waals surface area (Å²) in [4.78, 5) is 16.7. The summed E-state index contributed by atoms with van der Waals surface area (Å²) >= 11 is 0. The van der Waals surface area contributed by atoms with Gasteiger partial charge < -0.3 is 16.5 Å². The number of aliphatic hydroxyl groups is 2. The fourth-order valence-electron chi connectivity index (χ4n) is 2.97. The van der Waals surface area contributed by atoms with E-state index in [1.165, 1.54) is 71.6 Å². The average Bonchev–Trinajstić information content (AvgIpc) is 2.62. The van der Waals surface area contributed by atoms with Gasteiger partial charge in [0.15, 0.2) is 0 Å². The van der Waals surface area contributed by atoms with Crippen molar-refractivity contribution < 1.29 is 72.7 Å².